The molecule has 1 amide bonds. The van der Waals surface area contributed by atoms with Crippen LogP contribution in [-0.4, -0.2) is 87.4 Å². The lowest BCUT2D eigenvalue weighted by atomic mass is 9.98. The van der Waals surface area contributed by atoms with Gasteiger partial charge in [0.1, 0.15) is 5.82 Å². The van der Waals surface area contributed by atoms with Crippen LogP contribution >= 0.6 is 0 Å². The summed E-state index contributed by atoms with van der Waals surface area (Å²) in [7, 11) is 1.21. The summed E-state index contributed by atoms with van der Waals surface area (Å²) in [5.41, 5.74) is 0.513. The molecule has 0 radical (unpaired) electrons. The molecule has 2 fully saturated rings. The summed E-state index contributed by atoms with van der Waals surface area (Å²) in [6.45, 7) is 3.76. The molecular weight excluding hydrogens is 352 g/mol. The molecule has 1 unspecified atom stereocenters. The lowest BCUT2D eigenvalue weighted by Gasteiger charge is -2.32. The summed E-state index contributed by atoms with van der Waals surface area (Å²) < 4.78 is 23.0. The number of amides is 1. The molecule has 0 N–H and O–H groups in total. The zero-order valence-electron chi connectivity index (χ0n) is 15.6. The third-order valence-electron chi connectivity index (χ3n) is 5.27. The van der Waals surface area contributed by atoms with Crippen LogP contribution in [-0.2, 0) is 9.84 Å². The summed E-state index contributed by atoms with van der Waals surface area (Å²) in [5.74, 6) is 1.44. The molecule has 2 aliphatic heterocycles. The van der Waals surface area contributed by atoms with Crippen LogP contribution < -0.4 is 4.90 Å². The number of carbonyl (C=O) groups is 1. The number of rotatable bonds is 4. The molecule has 0 aliphatic carbocycles. The fraction of sp³-hybridized carbons (Fsp3) is 0.667. The fourth-order valence-electron chi connectivity index (χ4n) is 3.74. The second-order valence-electron chi connectivity index (χ2n) is 7.50. The normalized spacial score (nSPS) is 23.6. The Kier molecular flexibility index (Phi) is 5.82. The minimum Gasteiger partial charge on any atom is -0.359 e. The van der Waals surface area contributed by atoms with Crippen molar-refractivity contribution in [2.75, 3.05) is 63.2 Å². The largest absolute Gasteiger partial charge is 0.359 e. The summed E-state index contributed by atoms with van der Waals surface area (Å²) in [6.07, 6.45) is 4.08. The van der Waals surface area contributed by atoms with E-state index in [1.165, 1.54) is 19.4 Å². The van der Waals surface area contributed by atoms with E-state index in [1.807, 2.05) is 13.1 Å². The molecule has 2 saturated heterocycles. The molecule has 2 aliphatic rings. The van der Waals surface area contributed by atoms with Crippen molar-refractivity contribution >= 4 is 21.6 Å². The molecule has 7 nitrogen and oxygen atoms in total. The Morgan fingerprint density at radius 1 is 1.27 bits per heavy atom. The van der Waals surface area contributed by atoms with E-state index in [9.17, 15) is 13.2 Å². The van der Waals surface area contributed by atoms with E-state index >= 15 is 0 Å². The average Bonchev–Trinajstić information content (AvgIpc) is 2.61. The van der Waals surface area contributed by atoms with Gasteiger partial charge in [0.15, 0.2) is 9.84 Å². The molecule has 0 spiro atoms. The summed E-state index contributed by atoms with van der Waals surface area (Å²) in [4.78, 5) is 23.1. The summed E-state index contributed by atoms with van der Waals surface area (Å²) in [6, 6.07) is 3.66. The predicted octanol–water partition coefficient (Wildman–Crippen LogP) is 0.730. The van der Waals surface area contributed by atoms with Gasteiger partial charge < -0.3 is 14.7 Å². The van der Waals surface area contributed by atoms with Gasteiger partial charge in [-0.3, -0.25) is 4.79 Å². The average molecular weight is 381 g/mol. The van der Waals surface area contributed by atoms with E-state index in [-0.39, 0.29) is 30.5 Å². The second-order valence-corrected chi connectivity index (χ2v) is 9.80. The Balaban J connectivity index is 1.58. The van der Waals surface area contributed by atoms with Crippen molar-refractivity contribution in [1.29, 1.82) is 0 Å². The molecule has 8 heteroatoms. The number of piperidine rings is 1. The first-order valence-electron chi connectivity index (χ1n) is 9.19. The lowest BCUT2D eigenvalue weighted by molar-refractivity contribution is 0.0770. The third kappa shape index (κ3) is 4.73. The van der Waals surface area contributed by atoms with E-state index in [4.69, 9.17) is 0 Å². The smallest absolute Gasteiger partial charge is 0.255 e. The number of nitrogens with zero attached hydrogens (tertiary/aromatic N) is 4. The van der Waals surface area contributed by atoms with E-state index in [0.29, 0.717) is 11.5 Å². The van der Waals surface area contributed by atoms with Crippen LogP contribution in [0.1, 0.15) is 23.2 Å². The topological polar surface area (TPSA) is 73.8 Å². The zero-order chi connectivity index (χ0) is 18.7. The second kappa shape index (κ2) is 7.92. The first-order chi connectivity index (χ1) is 12.3. The van der Waals surface area contributed by atoms with Gasteiger partial charge in [0.05, 0.1) is 17.1 Å². The zero-order valence-corrected chi connectivity index (χ0v) is 16.4. The molecule has 3 rings (SSSR count). The molecule has 3 heterocycles. The van der Waals surface area contributed by atoms with Gasteiger partial charge in [-0.1, -0.05) is 0 Å². The minimum absolute atomic E-state index is 0.0445. The molecule has 0 saturated carbocycles. The highest BCUT2D eigenvalue weighted by molar-refractivity contribution is 7.91. The van der Waals surface area contributed by atoms with Crippen LogP contribution in [0, 0.1) is 5.92 Å². The van der Waals surface area contributed by atoms with Crippen molar-refractivity contribution in [3.8, 4) is 0 Å². The van der Waals surface area contributed by atoms with Crippen molar-refractivity contribution < 1.29 is 13.2 Å². The number of likely N-dealkylation sites (tertiary alicyclic amines) is 1. The molecule has 144 valence electrons. The van der Waals surface area contributed by atoms with Crippen LogP contribution in [0.2, 0.25) is 0 Å². The van der Waals surface area contributed by atoms with Crippen LogP contribution in [0.15, 0.2) is 18.3 Å². The molecule has 1 aromatic rings. The van der Waals surface area contributed by atoms with E-state index in [2.05, 4.69) is 21.8 Å². The number of pyridine rings is 1. The van der Waals surface area contributed by atoms with Crippen LogP contribution in [0.5, 0.6) is 0 Å². The molecule has 1 aromatic heterocycles. The van der Waals surface area contributed by atoms with Gasteiger partial charge in [-0.15, -0.1) is 0 Å². The maximum Gasteiger partial charge on any atom is 0.255 e. The molecule has 0 bridgehead atoms. The van der Waals surface area contributed by atoms with E-state index < -0.39 is 9.84 Å². The molecular formula is C18H28N4O3S. The van der Waals surface area contributed by atoms with Crippen molar-refractivity contribution in [2.24, 2.45) is 5.92 Å². The number of sulfone groups is 1. The number of aromatic nitrogens is 1. The van der Waals surface area contributed by atoms with Gasteiger partial charge in [0.2, 0.25) is 0 Å². The van der Waals surface area contributed by atoms with Gasteiger partial charge in [-0.2, -0.15) is 0 Å². The van der Waals surface area contributed by atoms with Crippen molar-refractivity contribution in [2.45, 2.75) is 12.8 Å². The van der Waals surface area contributed by atoms with Crippen LogP contribution in [0.4, 0.5) is 5.82 Å². The van der Waals surface area contributed by atoms with Crippen molar-refractivity contribution in [1.82, 2.24) is 14.8 Å². The Morgan fingerprint density at radius 2 is 2.00 bits per heavy atom. The SMILES string of the molecule is CN1CCCC(CN(C)c2ccc(C(=O)N3CCS(=O)(=O)CC3)cn2)C1. The highest BCUT2D eigenvalue weighted by Gasteiger charge is 2.26. The van der Waals surface area contributed by atoms with Gasteiger partial charge in [-0.25, -0.2) is 13.4 Å². The maximum atomic E-state index is 12.5. The van der Waals surface area contributed by atoms with Gasteiger partial charge in [-0.05, 0) is 44.5 Å². The number of anilines is 1. The first-order valence-corrected chi connectivity index (χ1v) is 11.0. The molecule has 0 aromatic carbocycles. The Labute approximate surface area is 155 Å². The van der Waals surface area contributed by atoms with Gasteiger partial charge in [0, 0.05) is 39.4 Å². The van der Waals surface area contributed by atoms with Crippen molar-refractivity contribution in [3.63, 3.8) is 0 Å². The van der Waals surface area contributed by atoms with Gasteiger partial charge >= 0.3 is 0 Å². The molecule has 1 atom stereocenters. The number of hydrogen-bond acceptors (Lipinski definition) is 6. The Bertz CT molecular complexity index is 721. The highest BCUT2D eigenvalue weighted by Crippen LogP contribution is 2.19. The quantitative estimate of drug-likeness (QED) is 0.767. The Hall–Kier alpha value is -1.67. The number of carbonyl (C=O) groups excluding carboxylic acids is 1. The minimum atomic E-state index is -2.99. The maximum absolute atomic E-state index is 12.5. The van der Waals surface area contributed by atoms with Crippen molar-refractivity contribution in [3.05, 3.63) is 23.9 Å². The van der Waals surface area contributed by atoms with E-state index in [0.717, 1.165) is 18.9 Å². The summed E-state index contributed by atoms with van der Waals surface area (Å²) >= 11 is 0. The monoisotopic (exact) mass is 380 g/mol. The van der Waals surface area contributed by atoms with Crippen LogP contribution in [0.3, 0.4) is 0 Å². The van der Waals surface area contributed by atoms with Gasteiger partial charge in [0.25, 0.3) is 5.91 Å². The first kappa shape index (κ1) is 19.1. The van der Waals surface area contributed by atoms with Crippen LogP contribution in [0.25, 0.3) is 0 Å². The van der Waals surface area contributed by atoms with E-state index in [1.54, 1.807) is 17.2 Å². The fourth-order valence-corrected chi connectivity index (χ4v) is 4.94. The lowest BCUT2D eigenvalue weighted by Crippen LogP contribution is -2.43. The highest BCUT2D eigenvalue weighted by atomic mass is 32.2. The number of hydrogen-bond donors (Lipinski definition) is 0. The standard InChI is InChI=1S/C18H28N4O3S/c1-20-7-3-4-15(13-20)14-21(2)17-6-5-16(12-19-17)18(23)22-8-10-26(24,25)11-9-22/h5-6,12,15H,3-4,7-11,13-14H2,1-2H3. The summed E-state index contributed by atoms with van der Waals surface area (Å²) in [5, 5.41) is 0. The molecule has 26 heavy (non-hydrogen) atoms. The third-order valence-corrected chi connectivity index (χ3v) is 6.88. The Morgan fingerprint density at radius 3 is 2.62 bits per heavy atom. The predicted molar refractivity (Wildman–Crippen MR) is 102 cm³/mol.